The second kappa shape index (κ2) is 10.6. The average Bonchev–Trinajstić information content (AvgIpc) is 3.51. The number of nitrogens with zero attached hydrogens (tertiary/aromatic N) is 6. The van der Waals surface area contributed by atoms with Gasteiger partial charge in [-0.15, -0.1) is 0 Å². The van der Waals surface area contributed by atoms with E-state index in [1.807, 2.05) is 0 Å². The molecule has 2 aromatic heterocycles. The molecule has 0 spiro atoms. The van der Waals surface area contributed by atoms with E-state index >= 15 is 0 Å². The van der Waals surface area contributed by atoms with Crippen LogP contribution in [0, 0.1) is 11.8 Å². The molecule has 2 aromatic rings. The molecule has 3 N–H and O–H groups in total. The Kier molecular flexibility index (Phi) is 7.10. The maximum atomic E-state index is 14.4. The summed E-state index contributed by atoms with van der Waals surface area (Å²) in [6.45, 7) is 12.0. The second-order valence-electron chi connectivity index (χ2n) is 12.8. The van der Waals surface area contributed by atoms with Gasteiger partial charge in [0.2, 0.25) is 11.9 Å². The summed E-state index contributed by atoms with van der Waals surface area (Å²) in [6, 6.07) is 0.134. The number of fused-ring (bicyclic) bond motifs is 1. The van der Waals surface area contributed by atoms with Gasteiger partial charge in [0, 0.05) is 67.0 Å². The largest absolute Gasteiger partial charge is 0.368 e. The van der Waals surface area contributed by atoms with Crippen molar-refractivity contribution in [3.8, 4) is 0 Å². The van der Waals surface area contributed by atoms with E-state index in [-0.39, 0.29) is 35.3 Å². The lowest BCUT2D eigenvalue weighted by molar-refractivity contribution is -0.135. The zero-order chi connectivity index (χ0) is 28.0. The molecule has 212 valence electrons. The van der Waals surface area contributed by atoms with E-state index in [2.05, 4.69) is 69.9 Å². The van der Waals surface area contributed by atoms with Crippen LogP contribution in [0.1, 0.15) is 76.1 Å². The normalized spacial score (nSPS) is 26.8. The number of aryl methyl sites for hydroxylation is 1. The minimum Gasteiger partial charge on any atom is -0.368 e. The number of carbonyl (C=O) groups is 1. The SMILES string of the molecule is CC1CC(c2cnc(N)nc2)=CC=C1[C@H](C(=O)N1CCN(c2ncnc3c2C(C)CC3)CC1)[C@@H]1CCC(C)(C)N1. The lowest BCUT2D eigenvalue weighted by atomic mass is 9.76. The number of nitrogens with two attached hydrogens (primary N) is 1. The first kappa shape index (κ1) is 26.9. The number of hydrogen-bond donors (Lipinski definition) is 2. The summed E-state index contributed by atoms with van der Waals surface area (Å²) >= 11 is 0. The molecule has 40 heavy (non-hydrogen) atoms. The summed E-state index contributed by atoms with van der Waals surface area (Å²) in [6.07, 6.45) is 14.7. The van der Waals surface area contributed by atoms with Crippen molar-refractivity contribution in [3.05, 3.63) is 53.3 Å². The maximum absolute atomic E-state index is 14.4. The number of carbonyl (C=O) groups excluding carboxylic acids is 1. The Balaban J connectivity index is 1.23. The first-order chi connectivity index (χ1) is 19.2. The lowest BCUT2D eigenvalue weighted by Gasteiger charge is -2.40. The first-order valence-corrected chi connectivity index (χ1v) is 14.8. The number of anilines is 2. The Morgan fingerprint density at radius 1 is 1.02 bits per heavy atom. The average molecular weight is 543 g/mol. The number of amides is 1. The lowest BCUT2D eigenvalue weighted by Crippen LogP contribution is -2.54. The third-order valence-corrected chi connectivity index (χ3v) is 9.44. The van der Waals surface area contributed by atoms with Crippen LogP contribution < -0.4 is 16.0 Å². The number of nitrogen functional groups attached to an aromatic ring is 1. The fraction of sp³-hybridized carbons (Fsp3) is 0.581. The van der Waals surface area contributed by atoms with Gasteiger partial charge in [0.15, 0.2) is 0 Å². The molecule has 2 saturated heterocycles. The Hall–Kier alpha value is -3.33. The van der Waals surface area contributed by atoms with Gasteiger partial charge < -0.3 is 20.9 Å². The molecule has 0 aromatic carbocycles. The van der Waals surface area contributed by atoms with Crippen molar-refractivity contribution in [1.29, 1.82) is 0 Å². The summed E-state index contributed by atoms with van der Waals surface area (Å²) in [5.41, 5.74) is 11.6. The Labute approximate surface area is 237 Å². The highest BCUT2D eigenvalue weighted by Gasteiger charge is 2.43. The van der Waals surface area contributed by atoms with Crippen LogP contribution in [0.15, 0.2) is 36.4 Å². The monoisotopic (exact) mass is 542 g/mol. The highest BCUT2D eigenvalue weighted by Crippen LogP contribution is 2.40. The van der Waals surface area contributed by atoms with Crippen LogP contribution in [0.25, 0.3) is 5.57 Å². The molecule has 4 aliphatic rings. The van der Waals surface area contributed by atoms with E-state index in [9.17, 15) is 4.79 Å². The second-order valence-corrected chi connectivity index (χ2v) is 12.8. The van der Waals surface area contributed by atoms with E-state index in [1.54, 1.807) is 18.7 Å². The van der Waals surface area contributed by atoms with Crippen molar-refractivity contribution in [2.45, 2.75) is 77.3 Å². The quantitative estimate of drug-likeness (QED) is 0.588. The molecule has 0 bridgehead atoms. The standard InChI is InChI=1S/C31H42N8O/c1-19-5-8-24-26(19)28(36-18-35-24)38-11-13-39(14-12-38)29(40)27(25-9-10-31(3,4)37-25)23-7-6-21(15-20(23)2)22-16-33-30(32)34-17-22/h6-7,16-20,25,27,37H,5,8-15H2,1-4H3,(H2,32,33,34)/t19?,20?,25-,27-/m0/s1. The molecule has 2 unspecified atom stereocenters. The van der Waals surface area contributed by atoms with Crippen LogP contribution in [0.3, 0.4) is 0 Å². The maximum Gasteiger partial charge on any atom is 0.231 e. The highest BCUT2D eigenvalue weighted by atomic mass is 16.2. The van der Waals surface area contributed by atoms with Gasteiger partial charge in [-0.3, -0.25) is 4.79 Å². The van der Waals surface area contributed by atoms with E-state index in [4.69, 9.17) is 10.7 Å². The van der Waals surface area contributed by atoms with Gasteiger partial charge in [0.1, 0.15) is 12.1 Å². The minimum absolute atomic E-state index is 0.0345. The number of piperazine rings is 1. The molecule has 1 amide bonds. The first-order valence-electron chi connectivity index (χ1n) is 14.8. The predicted molar refractivity (Wildman–Crippen MR) is 158 cm³/mol. The van der Waals surface area contributed by atoms with Crippen LogP contribution in [0.5, 0.6) is 0 Å². The molecule has 2 aliphatic heterocycles. The molecule has 4 atom stereocenters. The topological polar surface area (TPSA) is 113 Å². The van der Waals surface area contributed by atoms with Crippen molar-refractivity contribution in [2.75, 3.05) is 36.8 Å². The minimum atomic E-state index is -0.174. The number of hydrogen-bond acceptors (Lipinski definition) is 8. The number of nitrogens with one attached hydrogen (secondary N) is 1. The van der Waals surface area contributed by atoms with E-state index in [0.29, 0.717) is 19.0 Å². The van der Waals surface area contributed by atoms with Crippen LogP contribution in [-0.4, -0.2) is 68.5 Å². The molecular weight excluding hydrogens is 500 g/mol. The molecule has 4 heterocycles. The van der Waals surface area contributed by atoms with Crippen molar-refractivity contribution in [3.63, 3.8) is 0 Å². The third-order valence-electron chi connectivity index (χ3n) is 9.44. The fourth-order valence-corrected chi connectivity index (χ4v) is 7.17. The van der Waals surface area contributed by atoms with Crippen molar-refractivity contribution < 1.29 is 4.79 Å². The molecule has 9 nitrogen and oxygen atoms in total. The zero-order valence-electron chi connectivity index (χ0n) is 24.2. The third kappa shape index (κ3) is 5.11. The molecule has 6 rings (SSSR count). The fourth-order valence-electron chi connectivity index (χ4n) is 7.17. The van der Waals surface area contributed by atoms with Crippen LogP contribution in [-0.2, 0) is 11.2 Å². The highest BCUT2D eigenvalue weighted by molar-refractivity contribution is 5.84. The number of rotatable bonds is 5. The van der Waals surface area contributed by atoms with Gasteiger partial charge in [-0.1, -0.05) is 31.6 Å². The molecule has 9 heteroatoms. The van der Waals surface area contributed by atoms with Crippen molar-refractivity contribution >= 4 is 23.2 Å². The van der Waals surface area contributed by atoms with Crippen LogP contribution >= 0.6 is 0 Å². The van der Waals surface area contributed by atoms with E-state index in [0.717, 1.165) is 56.6 Å². The summed E-state index contributed by atoms with van der Waals surface area (Å²) in [5.74, 6) is 2.16. The van der Waals surface area contributed by atoms with Gasteiger partial charge in [-0.25, -0.2) is 19.9 Å². The summed E-state index contributed by atoms with van der Waals surface area (Å²) in [7, 11) is 0. The molecule has 0 radical (unpaired) electrons. The predicted octanol–water partition coefficient (Wildman–Crippen LogP) is 3.74. The smallest absolute Gasteiger partial charge is 0.231 e. The van der Waals surface area contributed by atoms with Gasteiger partial charge in [-0.05, 0) is 63.4 Å². The zero-order valence-corrected chi connectivity index (χ0v) is 24.2. The Morgan fingerprint density at radius 2 is 1.77 bits per heavy atom. The summed E-state index contributed by atoms with van der Waals surface area (Å²) < 4.78 is 0. The molecular formula is C31H42N8O. The molecule has 2 aliphatic carbocycles. The van der Waals surface area contributed by atoms with Gasteiger partial charge >= 0.3 is 0 Å². The number of aromatic nitrogens is 4. The van der Waals surface area contributed by atoms with Crippen molar-refractivity contribution in [1.82, 2.24) is 30.2 Å². The summed E-state index contributed by atoms with van der Waals surface area (Å²) in [4.78, 5) is 36.4. The van der Waals surface area contributed by atoms with Gasteiger partial charge in [0.25, 0.3) is 0 Å². The molecule has 0 saturated carbocycles. The van der Waals surface area contributed by atoms with Gasteiger partial charge in [-0.2, -0.15) is 0 Å². The Morgan fingerprint density at radius 3 is 2.45 bits per heavy atom. The number of allylic oxidation sites excluding steroid dienone is 3. The molecule has 2 fully saturated rings. The summed E-state index contributed by atoms with van der Waals surface area (Å²) in [5, 5.41) is 3.81. The van der Waals surface area contributed by atoms with Gasteiger partial charge in [0.05, 0.1) is 5.92 Å². The van der Waals surface area contributed by atoms with Crippen LogP contribution in [0.4, 0.5) is 11.8 Å². The van der Waals surface area contributed by atoms with E-state index in [1.165, 1.54) is 22.4 Å². The van der Waals surface area contributed by atoms with Crippen molar-refractivity contribution in [2.24, 2.45) is 11.8 Å². The Bertz CT molecular complexity index is 1330. The van der Waals surface area contributed by atoms with Crippen LogP contribution in [0.2, 0.25) is 0 Å². The van der Waals surface area contributed by atoms with E-state index < -0.39 is 0 Å².